The van der Waals surface area contributed by atoms with Crippen molar-refractivity contribution in [3.05, 3.63) is 0 Å². The van der Waals surface area contributed by atoms with Gasteiger partial charge in [-0.15, -0.1) is 0 Å². The van der Waals surface area contributed by atoms with Crippen LogP contribution in [0.3, 0.4) is 0 Å². The second-order valence-electron chi connectivity index (χ2n) is 6.54. The van der Waals surface area contributed by atoms with Crippen molar-refractivity contribution in [2.75, 3.05) is 25.4 Å². The molecule has 2 aliphatic heterocycles. The largest absolute Gasteiger partial charge is 0.314 e. The molecule has 0 radical (unpaired) electrons. The third kappa shape index (κ3) is 3.74. The smallest absolute Gasteiger partial charge is 0.214 e. The average Bonchev–Trinajstić information content (AvgIpc) is 2.92. The molecule has 118 valence electrons. The van der Waals surface area contributed by atoms with Gasteiger partial charge in [-0.2, -0.15) is 0 Å². The molecule has 2 aliphatic rings. The first-order valence-corrected chi connectivity index (χ1v) is 9.83. The van der Waals surface area contributed by atoms with Gasteiger partial charge >= 0.3 is 0 Å². The fourth-order valence-electron chi connectivity index (χ4n) is 3.55. The lowest BCUT2D eigenvalue weighted by atomic mass is 9.82. The number of piperidine rings is 1. The predicted molar refractivity (Wildman–Crippen MR) is 83.3 cm³/mol. The van der Waals surface area contributed by atoms with E-state index in [4.69, 9.17) is 0 Å². The second kappa shape index (κ2) is 6.75. The Bertz CT molecular complexity index is 398. The van der Waals surface area contributed by atoms with Crippen LogP contribution in [0, 0.1) is 5.41 Å². The Hall–Kier alpha value is -0.130. The van der Waals surface area contributed by atoms with Crippen LogP contribution in [0.15, 0.2) is 0 Å². The van der Waals surface area contributed by atoms with E-state index >= 15 is 0 Å². The fraction of sp³-hybridized carbons (Fsp3) is 1.00. The summed E-state index contributed by atoms with van der Waals surface area (Å²) in [5, 5.41) is 3.44. The van der Waals surface area contributed by atoms with E-state index in [1.54, 1.807) is 4.31 Å². The Kier molecular flexibility index (Phi) is 5.49. The highest BCUT2D eigenvalue weighted by molar-refractivity contribution is 7.89. The van der Waals surface area contributed by atoms with Gasteiger partial charge in [-0.25, -0.2) is 12.7 Å². The molecule has 0 aliphatic carbocycles. The minimum Gasteiger partial charge on any atom is -0.314 e. The quantitative estimate of drug-likeness (QED) is 0.819. The molecule has 2 rings (SSSR count). The summed E-state index contributed by atoms with van der Waals surface area (Å²) in [7, 11) is -3.06. The monoisotopic (exact) mass is 302 g/mol. The summed E-state index contributed by atoms with van der Waals surface area (Å²) in [6.45, 7) is 6.88. The molecule has 0 aromatic carbocycles. The maximum atomic E-state index is 12.5. The Balaban J connectivity index is 1.87. The zero-order valence-electron chi connectivity index (χ0n) is 13.0. The first-order chi connectivity index (χ1) is 9.51. The summed E-state index contributed by atoms with van der Waals surface area (Å²) in [5.74, 6) is 0.314. The predicted octanol–water partition coefficient (Wildman–Crippen LogP) is 2.36. The normalized spacial score (nSPS) is 27.8. The van der Waals surface area contributed by atoms with Crippen molar-refractivity contribution in [1.82, 2.24) is 9.62 Å². The van der Waals surface area contributed by atoms with E-state index in [-0.39, 0.29) is 5.41 Å². The molecule has 1 atom stereocenters. The second-order valence-corrected chi connectivity index (χ2v) is 8.63. The summed E-state index contributed by atoms with van der Waals surface area (Å²) >= 11 is 0. The molecule has 0 aromatic rings. The van der Waals surface area contributed by atoms with Gasteiger partial charge in [-0.3, -0.25) is 0 Å². The van der Waals surface area contributed by atoms with Crippen LogP contribution in [0.1, 0.15) is 58.8 Å². The number of sulfonamides is 1. The van der Waals surface area contributed by atoms with Crippen molar-refractivity contribution in [2.24, 2.45) is 5.41 Å². The van der Waals surface area contributed by atoms with Crippen molar-refractivity contribution >= 4 is 10.0 Å². The van der Waals surface area contributed by atoms with E-state index in [1.165, 1.54) is 12.8 Å². The van der Waals surface area contributed by atoms with Crippen LogP contribution in [-0.4, -0.2) is 44.2 Å². The Morgan fingerprint density at radius 3 is 2.55 bits per heavy atom. The first kappa shape index (κ1) is 16.2. The molecule has 5 heteroatoms. The molecule has 2 heterocycles. The Labute approximate surface area is 124 Å². The number of rotatable bonds is 6. The lowest BCUT2D eigenvalue weighted by molar-refractivity contribution is 0.279. The molecule has 4 nitrogen and oxygen atoms in total. The zero-order valence-corrected chi connectivity index (χ0v) is 13.8. The minimum absolute atomic E-state index is 0.232. The molecule has 2 fully saturated rings. The molecule has 0 aromatic heterocycles. The molecule has 20 heavy (non-hydrogen) atoms. The third-order valence-corrected chi connectivity index (χ3v) is 7.28. The highest BCUT2D eigenvalue weighted by Gasteiger charge is 2.39. The van der Waals surface area contributed by atoms with Crippen molar-refractivity contribution in [1.29, 1.82) is 0 Å². The minimum atomic E-state index is -3.06. The maximum absolute atomic E-state index is 12.5. The van der Waals surface area contributed by atoms with Gasteiger partial charge in [0.05, 0.1) is 5.75 Å². The number of nitrogens with one attached hydrogen (secondary N) is 1. The van der Waals surface area contributed by atoms with Gasteiger partial charge < -0.3 is 5.32 Å². The van der Waals surface area contributed by atoms with Crippen LogP contribution in [0.2, 0.25) is 0 Å². The van der Waals surface area contributed by atoms with Crippen LogP contribution in [0.5, 0.6) is 0 Å². The molecular weight excluding hydrogens is 272 g/mol. The number of hydrogen-bond donors (Lipinski definition) is 1. The van der Waals surface area contributed by atoms with Crippen LogP contribution < -0.4 is 5.32 Å². The number of hydrogen-bond acceptors (Lipinski definition) is 3. The molecule has 1 unspecified atom stereocenters. The first-order valence-electron chi connectivity index (χ1n) is 8.22. The van der Waals surface area contributed by atoms with Gasteiger partial charge in [0.15, 0.2) is 0 Å². The van der Waals surface area contributed by atoms with E-state index < -0.39 is 10.0 Å². The van der Waals surface area contributed by atoms with Crippen molar-refractivity contribution in [3.8, 4) is 0 Å². The molecule has 0 bridgehead atoms. The van der Waals surface area contributed by atoms with Crippen LogP contribution in [0.4, 0.5) is 0 Å². The van der Waals surface area contributed by atoms with Gasteiger partial charge in [0.1, 0.15) is 0 Å². The van der Waals surface area contributed by atoms with E-state index in [2.05, 4.69) is 19.2 Å². The Morgan fingerprint density at radius 1 is 1.25 bits per heavy atom. The third-order valence-electron chi connectivity index (χ3n) is 5.43. The zero-order chi connectivity index (χ0) is 14.6. The Morgan fingerprint density at radius 2 is 2.00 bits per heavy atom. The molecule has 1 N–H and O–H groups in total. The van der Waals surface area contributed by atoms with Crippen LogP contribution in [0.25, 0.3) is 0 Å². The van der Waals surface area contributed by atoms with Crippen LogP contribution in [-0.2, 0) is 10.0 Å². The summed E-state index contributed by atoms with van der Waals surface area (Å²) in [5.41, 5.74) is 0.232. The van der Waals surface area contributed by atoms with E-state index in [0.717, 1.165) is 51.7 Å². The molecular formula is C15H30N2O2S. The summed E-state index contributed by atoms with van der Waals surface area (Å²) in [4.78, 5) is 0. The standard InChI is InChI=1S/C15H30N2O2S/c1-3-15(4-2)9-11-17(13-15)20(18,19)12-8-14-7-5-6-10-16-14/h14,16H,3-13H2,1-2H3. The summed E-state index contributed by atoms with van der Waals surface area (Å²) < 4.78 is 26.7. The van der Waals surface area contributed by atoms with Gasteiger partial charge in [-0.05, 0) is 50.5 Å². The van der Waals surface area contributed by atoms with Gasteiger partial charge in [0.2, 0.25) is 10.0 Å². The van der Waals surface area contributed by atoms with Crippen LogP contribution >= 0.6 is 0 Å². The van der Waals surface area contributed by atoms with E-state index in [9.17, 15) is 8.42 Å². The van der Waals surface area contributed by atoms with Crippen molar-refractivity contribution in [3.63, 3.8) is 0 Å². The highest BCUT2D eigenvalue weighted by Crippen LogP contribution is 2.38. The summed E-state index contributed by atoms with van der Waals surface area (Å²) in [6, 6.07) is 0.406. The molecule has 0 saturated carbocycles. The van der Waals surface area contributed by atoms with Gasteiger partial charge in [-0.1, -0.05) is 20.3 Å². The highest BCUT2D eigenvalue weighted by atomic mass is 32.2. The maximum Gasteiger partial charge on any atom is 0.214 e. The lowest BCUT2D eigenvalue weighted by Gasteiger charge is -2.27. The van der Waals surface area contributed by atoms with Gasteiger partial charge in [0.25, 0.3) is 0 Å². The number of nitrogens with zero attached hydrogens (tertiary/aromatic N) is 1. The average molecular weight is 302 g/mol. The van der Waals surface area contributed by atoms with Crippen molar-refractivity contribution in [2.45, 2.75) is 64.8 Å². The van der Waals surface area contributed by atoms with Crippen molar-refractivity contribution < 1.29 is 8.42 Å². The molecule has 0 amide bonds. The molecule has 2 saturated heterocycles. The van der Waals surface area contributed by atoms with Gasteiger partial charge in [0, 0.05) is 19.1 Å². The summed E-state index contributed by atoms with van der Waals surface area (Å²) in [6.07, 6.45) is 7.55. The SMILES string of the molecule is CCC1(CC)CCN(S(=O)(=O)CCC2CCCCN2)C1. The lowest BCUT2D eigenvalue weighted by Crippen LogP contribution is -2.38. The topological polar surface area (TPSA) is 49.4 Å². The molecule has 0 spiro atoms. The van der Waals surface area contributed by atoms with E-state index in [1.807, 2.05) is 0 Å². The van der Waals surface area contributed by atoms with E-state index in [0.29, 0.717) is 11.8 Å². The fourth-order valence-corrected chi connectivity index (χ4v) is 5.23.